The molecule has 0 saturated carbocycles. The SMILES string of the molecule is O=S(=O)(OC1=CCC(Br)C=C1)C(F)(F)F. The lowest BCUT2D eigenvalue weighted by molar-refractivity contribution is -0.0520. The molecule has 1 atom stereocenters. The summed E-state index contributed by atoms with van der Waals surface area (Å²) < 4.78 is 60.7. The summed E-state index contributed by atoms with van der Waals surface area (Å²) in [6.07, 6.45) is 4.31. The second kappa shape index (κ2) is 4.17. The highest BCUT2D eigenvalue weighted by Crippen LogP contribution is 2.28. The molecule has 1 rings (SSSR count). The summed E-state index contributed by atoms with van der Waals surface area (Å²) in [6, 6.07) is 0. The fourth-order valence-corrected chi connectivity index (χ4v) is 1.62. The Morgan fingerprint density at radius 1 is 1.47 bits per heavy atom. The van der Waals surface area contributed by atoms with Gasteiger partial charge in [-0.3, -0.25) is 0 Å². The standard InChI is InChI=1S/C7H6BrF3O3S/c8-5-1-3-6(4-2-5)14-15(12,13)7(9,10)11/h1,3-5H,2H2. The molecular weight excluding hydrogens is 301 g/mol. The van der Waals surface area contributed by atoms with Gasteiger partial charge >= 0.3 is 15.6 Å². The van der Waals surface area contributed by atoms with Crippen LogP contribution in [0, 0.1) is 0 Å². The number of rotatable bonds is 2. The summed E-state index contributed by atoms with van der Waals surface area (Å²) in [4.78, 5) is -0.0153. The van der Waals surface area contributed by atoms with E-state index < -0.39 is 15.6 Å². The van der Waals surface area contributed by atoms with E-state index >= 15 is 0 Å². The second-order valence-electron chi connectivity index (χ2n) is 2.70. The molecule has 86 valence electrons. The zero-order valence-corrected chi connectivity index (χ0v) is 9.56. The van der Waals surface area contributed by atoms with Crippen molar-refractivity contribution in [3.63, 3.8) is 0 Å². The minimum atomic E-state index is -5.55. The molecule has 0 saturated heterocycles. The number of allylic oxidation sites excluding steroid dienone is 3. The average molecular weight is 307 g/mol. The Morgan fingerprint density at radius 2 is 2.07 bits per heavy atom. The third-order valence-electron chi connectivity index (χ3n) is 1.50. The Labute approximate surface area is 92.9 Å². The van der Waals surface area contributed by atoms with Crippen molar-refractivity contribution < 1.29 is 25.8 Å². The van der Waals surface area contributed by atoms with Crippen molar-refractivity contribution >= 4 is 26.0 Å². The molecule has 8 heteroatoms. The van der Waals surface area contributed by atoms with Crippen molar-refractivity contribution in [3.8, 4) is 0 Å². The molecule has 0 amide bonds. The van der Waals surface area contributed by atoms with Gasteiger partial charge in [0.25, 0.3) is 0 Å². The molecule has 0 spiro atoms. The predicted octanol–water partition coefficient (Wildman–Crippen LogP) is 2.46. The highest BCUT2D eigenvalue weighted by molar-refractivity contribution is 9.09. The van der Waals surface area contributed by atoms with Crippen LogP contribution in [0.15, 0.2) is 24.0 Å². The van der Waals surface area contributed by atoms with Crippen molar-refractivity contribution in [3.05, 3.63) is 24.0 Å². The van der Waals surface area contributed by atoms with Crippen LogP contribution < -0.4 is 0 Å². The fourth-order valence-electron chi connectivity index (χ4n) is 0.810. The molecule has 1 aliphatic rings. The number of hydrogen-bond donors (Lipinski definition) is 0. The summed E-state index contributed by atoms with van der Waals surface area (Å²) >= 11 is 3.18. The van der Waals surface area contributed by atoms with Crippen LogP contribution in [0.5, 0.6) is 0 Å². The van der Waals surface area contributed by atoms with Crippen LogP contribution in [-0.4, -0.2) is 18.8 Å². The van der Waals surface area contributed by atoms with Gasteiger partial charge in [-0.25, -0.2) is 0 Å². The largest absolute Gasteiger partial charge is 0.534 e. The average Bonchev–Trinajstić information content (AvgIpc) is 2.06. The molecule has 0 radical (unpaired) electrons. The maximum Gasteiger partial charge on any atom is 0.534 e. The molecule has 3 nitrogen and oxygen atoms in total. The van der Waals surface area contributed by atoms with Gasteiger partial charge in [-0.2, -0.15) is 21.6 Å². The lowest BCUT2D eigenvalue weighted by atomic mass is 10.2. The molecule has 0 fully saturated rings. The van der Waals surface area contributed by atoms with Gasteiger partial charge in [0.05, 0.1) is 0 Å². The minimum Gasteiger partial charge on any atom is -0.376 e. The smallest absolute Gasteiger partial charge is 0.376 e. The first kappa shape index (κ1) is 12.6. The highest BCUT2D eigenvalue weighted by atomic mass is 79.9. The Hall–Kier alpha value is -0.500. The summed E-state index contributed by atoms with van der Waals surface area (Å²) in [7, 11) is -5.55. The molecule has 0 aromatic rings. The molecule has 15 heavy (non-hydrogen) atoms. The zero-order valence-electron chi connectivity index (χ0n) is 7.16. The third kappa shape index (κ3) is 3.23. The molecule has 1 unspecified atom stereocenters. The van der Waals surface area contributed by atoms with E-state index in [-0.39, 0.29) is 10.6 Å². The van der Waals surface area contributed by atoms with Crippen LogP contribution in [-0.2, 0) is 14.3 Å². The maximum absolute atomic E-state index is 11.9. The first-order valence-corrected chi connectivity index (χ1v) is 6.08. The Balaban J connectivity index is 2.77. The van der Waals surface area contributed by atoms with Gasteiger partial charge in [-0.1, -0.05) is 22.0 Å². The van der Waals surface area contributed by atoms with Crippen LogP contribution in [0.25, 0.3) is 0 Å². The molecule has 1 aliphatic carbocycles. The maximum atomic E-state index is 11.9. The minimum absolute atomic E-state index is 0.0153. The van der Waals surface area contributed by atoms with Gasteiger partial charge in [0.2, 0.25) is 0 Å². The third-order valence-corrected chi connectivity index (χ3v) is 3.16. The second-order valence-corrected chi connectivity index (χ2v) is 5.41. The van der Waals surface area contributed by atoms with Crippen molar-refractivity contribution in [2.24, 2.45) is 0 Å². The van der Waals surface area contributed by atoms with Crippen molar-refractivity contribution in [1.29, 1.82) is 0 Å². The van der Waals surface area contributed by atoms with Crippen LogP contribution in [0.3, 0.4) is 0 Å². The predicted molar refractivity (Wildman–Crippen MR) is 50.6 cm³/mol. The van der Waals surface area contributed by atoms with E-state index in [1.165, 1.54) is 18.2 Å². The Morgan fingerprint density at radius 3 is 2.47 bits per heavy atom. The van der Waals surface area contributed by atoms with Gasteiger partial charge in [0.1, 0.15) is 5.76 Å². The lowest BCUT2D eigenvalue weighted by Crippen LogP contribution is -2.25. The van der Waals surface area contributed by atoms with E-state index in [9.17, 15) is 21.6 Å². The molecule has 0 heterocycles. The van der Waals surface area contributed by atoms with E-state index in [2.05, 4.69) is 20.1 Å². The van der Waals surface area contributed by atoms with Crippen LogP contribution >= 0.6 is 15.9 Å². The molecular formula is C7H6BrF3O3S. The van der Waals surface area contributed by atoms with E-state index in [0.717, 1.165) is 0 Å². The normalized spacial score (nSPS) is 22.4. The monoisotopic (exact) mass is 306 g/mol. The topological polar surface area (TPSA) is 43.4 Å². The Kier molecular flexibility index (Phi) is 3.49. The van der Waals surface area contributed by atoms with Crippen LogP contribution in [0.4, 0.5) is 13.2 Å². The lowest BCUT2D eigenvalue weighted by Gasteiger charge is -2.13. The molecule has 0 N–H and O–H groups in total. The van der Waals surface area contributed by atoms with Gasteiger partial charge in [0, 0.05) is 4.83 Å². The van der Waals surface area contributed by atoms with Crippen LogP contribution in [0.1, 0.15) is 6.42 Å². The summed E-state index contributed by atoms with van der Waals surface area (Å²) in [5, 5.41) is 0. The van der Waals surface area contributed by atoms with Gasteiger partial charge in [-0.05, 0) is 18.6 Å². The van der Waals surface area contributed by atoms with E-state index in [1.54, 1.807) is 0 Å². The molecule has 0 bridgehead atoms. The van der Waals surface area contributed by atoms with Crippen LogP contribution in [0.2, 0.25) is 0 Å². The highest BCUT2D eigenvalue weighted by Gasteiger charge is 2.48. The van der Waals surface area contributed by atoms with Gasteiger partial charge in [0.15, 0.2) is 0 Å². The Bertz CT molecular complexity index is 396. The number of alkyl halides is 4. The van der Waals surface area contributed by atoms with E-state index in [0.29, 0.717) is 6.42 Å². The van der Waals surface area contributed by atoms with Gasteiger partial charge in [-0.15, -0.1) is 0 Å². The number of halogens is 4. The molecule has 0 aromatic heterocycles. The summed E-state index contributed by atoms with van der Waals surface area (Å²) in [5.74, 6) is -0.317. The molecule has 0 aliphatic heterocycles. The first-order valence-electron chi connectivity index (χ1n) is 3.75. The van der Waals surface area contributed by atoms with E-state index in [4.69, 9.17) is 0 Å². The number of hydrogen-bond acceptors (Lipinski definition) is 3. The van der Waals surface area contributed by atoms with Crippen molar-refractivity contribution in [2.75, 3.05) is 0 Å². The summed E-state index contributed by atoms with van der Waals surface area (Å²) in [5.41, 5.74) is -5.40. The molecule has 0 aromatic carbocycles. The van der Waals surface area contributed by atoms with Crippen molar-refractivity contribution in [2.45, 2.75) is 16.8 Å². The van der Waals surface area contributed by atoms with E-state index in [1.807, 2.05) is 0 Å². The fraction of sp³-hybridized carbons (Fsp3) is 0.429. The van der Waals surface area contributed by atoms with Crippen molar-refractivity contribution in [1.82, 2.24) is 0 Å². The quantitative estimate of drug-likeness (QED) is 0.447. The zero-order chi connectivity index (χ0) is 11.7. The van der Waals surface area contributed by atoms with Gasteiger partial charge < -0.3 is 4.18 Å². The summed E-state index contributed by atoms with van der Waals surface area (Å²) in [6.45, 7) is 0. The first-order chi connectivity index (χ1) is 6.72.